The molecule has 1 aromatic carbocycles. The van der Waals surface area contributed by atoms with Gasteiger partial charge in [-0.25, -0.2) is 4.98 Å². The van der Waals surface area contributed by atoms with Crippen LogP contribution in [0, 0.1) is 0 Å². The Bertz CT molecular complexity index is 767. The van der Waals surface area contributed by atoms with E-state index >= 15 is 0 Å². The number of benzene rings is 1. The highest BCUT2D eigenvalue weighted by Gasteiger charge is 2.16. The molecule has 0 spiro atoms. The number of nitrogens with one attached hydrogen (secondary N) is 2. The molecule has 1 fully saturated rings. The molecule has 0 radical (unpaired) electrons. The second-order valence-corrected chi connectivity index (χ2v) is 6.85. The number of nitrogens with zero attached hydrogens (tertiary/aromatic N) is 1. The highest BCUT2D eigenvalue weighted by Crippen LogP contribution is 2.16. The first-order chi connectivity index (χ1) is 12.7. The van der Waals surface area contributed by atoms with Gasteiger partial charge in [-0.3, -0.25) is 14.9 Å². The largest absolute Gasteiger partial charge is 0.376 e. The van der Waals surface area contributed by atoms with Crippen LogP contribution < -0.4 is 10.6 Å². The molecule has 1 aliphatic heterocycles. The summed E-state index contributed by atoms with van der Waals surface area (Å²) in [6, 6.07) is 9.58. The number of ether oxygens (including phenoxy) is 1. The molecule has 0 aliphatic carbocycles. The van der Waals surface area contributed by atoms with Gasteiger partial charge in [-0.15, -0.1) is 11.3 Å². The van der Waals surface area contributed by atoms with Crippen molar-refractivity contribution < 1.29 is 14.3 Å². The number of thiazole rings is 1. The van der Waals surface area contributed by atoms with Crippen molar-refractivity contribution in [3.05, 3.63) is 53.0 Å². The minimum absolute atomic E-state index is 0.0901. The molecule has 26 heavy (non-hydrogen) atoms. The minimum atomic E-state index is -0.252. The highest BCUT2D eigenvalue weighted by atomic mass is 32.1. The third kappa shape index (κ3) is 5.79. The summed E-state index contributed by atoms with van der Waals surface area (Å²) in [7, 11) is 0. The van der Waals surface area contributed by atoms with Crippen LogP contribution in [0.4, 0.5) is 5.13 Å². The number of anilines is 1. The average molecular weight is 371 g/mol. The van der Waals surface area contributed by atoms with Gasteiger partial charge >= 0.3 is 0 Å². The van der Waals surface area contributed by atoms with Crippen molar-refractivity contribution in [2.45, 2.75) is 25.4 Å². The number of carbonyl (C=O) groups is 2. The van der Waals surface area contributed by atoms with Crippen LogP contribution >= 0.6 is 11.3 Å². The van der Waals surface area contributed by atoms with E-state index < -0.39 is 0 Å². The van der Waals surface area contributed by atoms with E-state index in [1.807, 2.05) is 30.3 Å². The van der Waals surface area contributed by atoms with E-state index in [0.29, 0.717) is 17.4 Å². The van der Waals surface area contributed by atoms with Crippen LogP contribution in [0.3, 0.4) is 0 Å². The van der Waals surface area contributed by atoms with E-state index in [4.69, 9.17) is 4.74 Å². The first-order valence-corrected chi connectivity index (χ1v) is 9.44. The first-order valence-electron chi connectivity index (χ1n) is 8.56. The Hall–Kier alpha value is -2.51. The summed E-state index contributed by atoms with van der Waals surface area (Å²) in [5, 5.41) is 7.84. The summed E-state index contributed by atoms with van der Waals surface area (Å²) >= 11 is 1.30. The molecular weight excluding hydrogens is 350 g/mol. The summed E-state index contributed by atoms with van der Waals surface area (Å²) in [5.41, 5.74) is 1.59. The summed E-state index contributed by atoms with van der Waals surface area (Å²) < 4.78 is 5.47. The third-order valence-electron chi connectivity index (χ3n) is 3.90. The normalized spacial score (nSPS) is 16.7. The van der Waals surface area contributed by atoms with Crippen LogP contribution in [0.5, 0.6) is 0 Å². The van der Waals surface area contributed by atoms with Gasteiger partial charge in [0.15, 0.2) is 5.13 Å². The second kappa shape index (κ2) is 9.26. The zero-order valence-electron chi connectivity index (χ0n) is 14.3. The van der Waals surface area contributed by atoms with E-state index in [0.717, 1.165) is 25.0 Å². The number of carbonyl (C=O) groups excluding carboxylic acids is 2. The van der Waals surface area contributed by atoms with Crippen LogP contribution in [0.25, 0.3) is 6.08 Å². The standard InChI is InChI=1S/C19H21N3O3S/c23-17(9-8-14-5-2-1-3-6-14)22-19-21-15(13-26-19)11-18(24)20-12-16-7-4-10-25-16/h1-3,5-6,8-9,13,16H,4,7,10-12H2,(H,20,24)(H,21,22,23)/b9-8+. The molecule has 2 amide bonds. The van der Waals surface area contributed by atoms with E-state index in [-0.39, 0.29) is 24.3 Å². The van der Waals surface area contributed by atoms with Gasteiger partial charge in [-0.05, 0) is 24.5 Å². The van der Waals surface area contributed by atoms with Crippen molar-refractivity contribution in [1.82, 2.24) is 10.3 Å². The summed E-state index contributed by atoms with van der Waals surface area (Å²) in [6.45, 7) is 1.31. The molecular formula is C19H21N3O3S. The SMILES string of the molecule is O=C(/C=C/c1ccccc1)Nc1nc(CC(=O)NCC2CCCO2)cs1. The number of rotatable bonds is 7. The molecule has 0 bridgehead atoms. The maximum atomic E-state index is 12.0. The molecule has 1 aliphatic rings. The van der Waals surface area contributed by atoms with Crippen LogP contribution in [0.2, 0.25) is 0 Å². The van der Waals surface area contributed by atoms with Crippen LogP contribution in [0.15, 0.2) is 41.8 Å². The maximum Gasteiger partial charge on any atom is 0.250 e. The molecule has 3 rings (SSSR count). The number of hydrogen-bond donors (Lipinski definition) is 2. The van der Waals surface area contributed by atoms with Gasteiger partial charge in [-0.1, -0.05) is 30.3 Å². The van der Waals surface area contributed by atoms with Crippen molar-refractivity contribution in [2.24, 2.45) is 0 Å². The Labute approximate surface area is 156 Å². The lowest BCUT2D eigenvalue weighted by molar-refractivity contribution is -0.121. The van der Waals surface area contributed by atoms with E-state index in [2.05, 4.69) is 15.6 Å². The Morgan fingerprint density at radius 2 is 2.15 bits per heavy atom. The fraction of sp³-hybridized carbons (Fsp3) is 0.316. The lowest BCUT2D eigenvalue weighted by atomic mass is 10.2. The van der Waals surface area contributed by atoms with Crippen molar-refractivity contribution in [3.8, 4) is 0 Å². The zero-order chi connectivity index (χ0) is 18.2. The molecule has 2 N–H and O–H groups in total. The van der Waals surface area contributed by atoms with Crippen LogP contribution in [0.1, 0.15) is 24.1 Å². The lowest BCUT2D eigenvalue weighted by Gasteiger charge is -2.09. The Morgan fingerprint density at radius 3 is 2.92 bits per heavy atom. The predicted octanol–water partition coefficient (Wildman–Crippen LogP) is 2.63. The van der Waals surface area contributed by atoms with Gasteiger partial charge < -0.3 is 10.1 Å². The summed E-state index contributed by atoms with van der Waals surface area (Å²) in [5.74, 6) is -0.342. The molecule has 136 valence electrons. The first kappa shape index (κ1) is 18.3. The molecule has 1 saturated heterocycles. The molecule has 6 nitrogen and oxygen atoms in total. The van der Waals surface area contributed by atoms with E-state index in [1.165, 1.54) is 17.4 Å². The molecule has 2 heterocycles. The van der Waals surface area contributed by atoms with E-state index in [1.54, 1.807) is 11.5 Å². The second-order valence-electron chi connectivity index (χ2n) is 5.99. The van der Waals surface area contributed by atoms with Gasteiger partial charge in [0, 0.05) is 24.6 Å². The third-order valence-corrected chi connectivity index (χ3v) is 4.71. The minimum Gasteiger partial charge on any atom is -0.376 e. The predicted molar refractivity (Wildman–Crippen MR) is 102 cm³/mol. The topological polar surface area (TPSA) is 80.3 Å². The van der Waals surface area contributed by atoms with Crippen molar-refractivity contribution in [3.63, 3.8) is 0 Å². The molecule has 0 saturated carbocycles. The maximum absolute atomic E-state index is 12.0. The fourth-order valence-electron chi connectivity index (χ4n) is 2.59. The van der Waals surface area contributed by atoms with E-state index in [9.17, 15) is 9.59 Å². The lowest BCUT2D eigenvalue weighted by Crippen LogP contribution is -2.32. The number of aromatic nitrogens is 1. The zero-order valence-corrected chi connectivity index (χ0v) is 15.1. The molecule has 1 unspecified atom stereocenters. The Morgan fingerprint density at radius 1 is 1.31 bits per heavy atom. The fourth-order valence-corrected chi connectivity index (χ4v) is 3.30. The van der Waals surface area contributed by atoms with Crippen molar-refractivity contribution in [1.29, 1.82) is 0 Å². The smallest absolute Gasteiger partial charge is 0.250 e. The highest BCUT2D eigenvalue weighted by molar-refractivity contribution is 7.14. The Kier molecular flexibility index (Phi) is 6.51. The van der Waals surface area contributed by atoms with Gasteiger partial charge in [-0.2, -0.15) is 0 Å². The quantitative estimate of drug-likeness (QED) is 0.733. The molecule has 7 heteroatoms. The average Bonchev–Trinajstić information content (AvgIpc) is 3.31. The number of hydrogen-bond acceptors (Lipinski definition) is 5. The molecule has 1 atom stereocenters. The van der Waals surface area contributed by atoms with Gasteiger partial charge in [0.2, 0.25) is 11.8 Å². The van der Waals surface area contributed by atoms with Gasteiger partial charge in [0.1, 0.15) is 0 Å². The van der Waals surface area contributed by atoms with Crippen molar-refractivity contribution in [2.75, 3.05) is 18.5 Å². The summed E-state index contributed by atoms with van der Waals surface area (Å²) in [6.07, 6.45) is 5.56. The van der Waals surface area contributed by atoms with Crippen molar-refractivity contribution >= 4 is 34.4 Å². The monoisotopic (exact) mass is 371 g/mol. The van der Waals surface area contributed by atoms with Crippen LogP contribution in [-0.4, -0.2) is 36.1 Å². The van der Waals surface area contributed by atoms with Gasteiger partial charge in [0.05, 0.1) is 18.2 Å². The summed E-state index contributed by atoms with van der Waals surface area (Å²) in [4.78, 5) is 28.2. The Balaban J connectivity index is 1.44. The van der Waals surface area contributed by atoms with Crippen LogP contribution in [-0.2, 0) is 20.7 Å². The molecule has 2 aromatic rings. The number of amides is 2. The molecule has 1 aromatic heterocycles. The van der Waals surface area contributed by atoms with Gasteiger partial charge in [0.25, 0.3) is 0 Å².